The molecule has 0 aliphatic carbocycles. The smallest absolute Gasteiger partial charge is 0.269 e. The third-order valence-corrected chi connectivity index (χ3v) is 8.16. The van der Waals surface area contributed by atoms with Crippen LogP contribution in [0.3, 0.4) is 0 Å². The average molecular weight is 488 g/mol. The molecule has 34 heavy (non-hydrogen) atoms. The van der Waals surface area contributed by atoms with Crippen molar-refractivity contribution in [1.29, 1.82) is 0 Å². The standard InChI is InChI=1S/C26H21N3O3S2/c1-28-19-9-5-6-10-22(19)33-25(28)23-24(30)29(16-17-7-3-2-4-8-17)26(34-23)27-18-11-12-20-21(15-18)32-14-13-31-20/h2-12,15H,13-14,16H2,1H3/b25-23-,27-26?. The normalized spacial score (nSPS) is 20.3. The van der Waals surface area contributed by atoms with E-state index in [0.717, 1.165) is 32.6 Å². The summed E-state index contributed by atoms with van der Waals surface area (Å²) in [5.41, 5.74) is 2.88. The molecule has 1 amide bonds. The van der Waals surface area contributed by atoms with E-state index in [-0.39, 0.29) is 5.91 Å². The fourth-order valence-electron chi connectivity index (χ4n) is 4.04. The van der Waals surface area contributed by atoms with Gasteiger partial charge in [-0.15, -0.1) is 0 Å². The maximum Gasteiger partial charge on any atom is 0.269 e. The van der Waals surface area contributed by atoms with Crippen molar-refractivity contribution >= 4 is 46.0 Å². The van der Waals surface area contributed by atoms with Crippen LogP contribution in [0.4, 0.5) is 11.4 Å². The van der Waals surface area contributed by atoms with Gasteiger partial charge >= 0.3 is 0 Å². The minimum atomic E-state index is -0.0349. The largest absolute Gasteiger partial charge is 0.486 e. The molecule has 0 N–H and O–H groups in total. The number of para-hydroxylation sites is 1. The van der Waals surface area contributed by atoms with E-state index in [1.54, 1.807) is 16.7 Å². The summed E-state index contributed by atoms with van der Waals surface area (Å²) in [6.07, 6.45) is 0. The molecule has 1 saturated heterocycles. The van der Waals surface area contributed by atoms with Crippen molar-refractivity contribution in [2.75, 3.05) is 25.2 Å². The predicted molar refractivity (Wildman–Crippen MR) is 137 cm³/mol. The Hall–Kier alpha value is -3.36. The predicted octanol–water partition coefficient (Wildman–Crippen LogP) is 5.63. The Balaban J connectivity index is 1.39. The van der Waals surface area contributed by atoms with Crippen LogP contribution in [0.15, 0.2) is 92.6 Å². The number of carbonyl (C=O) groups excluding carboxylic acids is 1. The Morgan fingerprint density at radius 3 is 2.50 bits per heavy atom. The second kappa shape index (κ2) is 8.77. The van der Waals surface area contributed by atoms with E-state index in [1.807, 2.05) is 67.7 Å². The zero-order valence-electron chi connectivity index (χ0n) is 18.4. The number of anilines is 1. The summed E-state index contributed by atoms with van der Waals surface area (Å²) in [6.45, 7) is 1.51. The number of nitrogens with zero attached hydrogens (tertiary/aromatic N) is 3. The van der Waals surface area contributed by atoms with Gasteiger partial charge < -0.3 is 14.4 Å². The lowest BCUT2D eigenvalue weighted by molar-refractivity contribution is -0.122. The topological polar surface area (TPSA) is 54.4 Å². The quantitative estimate of drug-likeness (QED) is 0.446. The molecule has 6 rings (SSSR count). The molecule has 0 radical (unpaired) electrons. The molecular weight excluding hydrogens is 466 g/mol. The Kier molecular flexibility index (Phi) is 5.47. The number of hydrogen-bond donors (Lipinski definition) is 0. The molecule has 0 bridgehead atoms. The van der Waals surface area contributed by atoms with E-state index in [4.69, 9.17) is 14.5 Å². The van der Waals surface area contributed by atoms with Gasteiger partial charge in [-0.05, 0) is 41.6 Å². The van der Waals surface area contributed by atoms with Crippen LogP contribution in [0, 0.1) is 0 Å². The van der Waals surface area contributed by atoms with Gasteiger partial charge in [-0.25, -0.2) is 4.99 Å². The second-order valence-electron chi connectivity index (χ2n) is 7.96. The third kappa shape index (κ3) is 3.82. The van der Waals surface area contributed by atoms with Gasteiger partial charge in [0.1, 0.15) is 18.1 Å². The Bertz CT molecular complexity index is 1340. The minimum Gasteiger partial charge on any atom is -0.486 e. The van der Waals surface area contributed by atoms with E-state index in [9.17, 15) is 4.79 Å². The first kappa shape index (κ1) is 21.2. The molecule has 0 saturated carbocycles. The van der Waals surface area contributed by atoms with E-state index >= 15 is 0 Å². The molecule has 6 nitrogen and oxygen atoms in total. The van der Waals surface area contributed by atoms with Crippen molar-refractivity contribution in [3.63, 3.8) is 0 Å². The number of carbonyl (C=O) groups is 1. The number of thioether (sulfide) groups is 2. The summed E-state index contributed by atoms with van der Waals surface area (Å²) in [5, 5.41) is 1.58. The lowest BCUT2D eigenvalue weighted by Gasteiger charge is -2.19. The number of rotatable bonds is 3. The highest BCUT2D eigenvalue weighted by Crippen LogP contribution is 2.50. The monoisotopic (exact) mass is 487 g/mol. The molecule has 3 aliphatic heterocycles. The Morgan fingerprint density at radius 2 is 1.68 bits per heavy atom. The van der Waals surface area contributed by atoms with Crippen LogP contribution in [0.25, 0.3) is 0 Å². The van der Waals surface area contributed by atoms with Crippen LogP contribution in [0.2, 0.25) is 0 Å². The highest BCUT2D eigenvalue weighted by Gasteiger charge is 2.39. The van der Waals surface area contributed by atoms with E-state index in [1.165, 1.54) is 11.8 Å². The molecule has 3 heterocycles. The molecule has 0 unspecified atom stereocenters. The average Bonchev–Trinajstić information content (AvgIpc) is 3.36. The molecule has 170 valence electrons. The minimum absolute atomic E-state index is 0.0349. The summed E-state index contributed by atoms with van der Waals surface area (Å²) >= 11 is 3.05. The van der Waals surface area contributed by atoms with Crippen LogP contribution in [0.5, 0.6) is 11.5 Å². The fraction of sp³-hybridized carbons (Fsp3) is 0.154. The Morgan fingerprint density at radius 1 is 0.912 bits per heavy atom. The number of fused-ring (bicyclic) bond motifs is 2. The highest BCUT2D eigenvalue weighted by molar-refractivity contribution is 8.19. The van der Waals surface area contributed by atoms with Gasteiger partial charge in [0.25, 0.3) is 5.91 Å². The zero-order valence-corrected chi connectivity index (χ0v) is 20.1. The van der Waals surface area contributed by atoms with E-state index < -0.39 is 0 Å². The van der Waals surface area contributed by atoms with Gasteiger partial charge in [0.05, 0.1) is 22.9 Å². The Labute approximate surface area is 206 Å². The maximum atomic E-state index is 13.7. The van der Waals surface area contributed by atoms with Gasteiger partial charge in [-0.3, -0.25) is 9.69 Å². The first-order chi connectivity index (χ1) is 16.7. The van der Waals surface area contributed by atoms with Gasteiger partial charge in [0, 0.05) is 18.0 Å². The van der Waals surface area contributed by atoms with Crippen LogP contribution >= 0.6 is 23.5 Å². The number of hydrogen-bond acceptors (Lipinski definition) is 7. The van der Waals surface area contributed by atoms with Crippen molar-refractivity contribution < 1.29 is 14.3 Å². The second-order valence-corrected chi connectivity index (χ2v) is 9.97. The molecular formula is C26H21N3O3S2. The molecule has 0 spiro atoms. The lowest BCUT2D eigenvalue weighted by Crippen LogP contribution is -2.29. The van der Waals surface area contributed by atoms with Crippen molar-refractivity contribution in [3.8, 4) is 11.5 Å². The molecule has 3 aromatic carbocycles. The summed E-state index contributed by atoms with van der Waals surface area (Å²) < 4.78 is 11.4. The number of ether oxygens (including phenoxy) is 2. The fourth-order valence-corrected chi connectivity index (χ4v) is 6.38. The zero-order chi connectivity index (χ0) is 23.1. The summed E-state index contributed by atoms with van der Waals surface area (Å²) in [4.78, 5) is 24.3. The number of amidine groups is 1. The van der Waals surface area contributed by atoms with E-state index in [2.05, 4.69) is 17.0 Å². The van der Waals surface area contributed by atoms with Crippen molar-refractivity contribution in [3.05, 3.63) is 88.3 Å². The summed E-state index contributed by atoms with van der Waals surface area (Å²) in [6, 6.07) is 23.8. The molecule has 3 aliphatic rings. The van der Waals surface area contributed by atoms with Crippen molar-refractivity contribution in [1.82, 2.24) is 4.90 Å². The van der Waals surface area contributed by atoms with Crippen LogP contribution in [-0.2, 0) is 11.3 Å². The van der Waals surface area contributed by atoms with Crippen molar-refractivity contribution in [2.24, 2.45) is 4.99 Å². The number of benzene rings is 3. The van der Waals surface area contributed by atoms with Crippen LogP contribution in [0.1, 0.15) is 5.56 Å². The lowest BCUT2D eigenvalue weighted by atomic mass is 10.2. The number of aliphatic imine (C=N–C) groups is 1. The maximum absolute atomic E-state index is 13.7. The van der Waals surface area contributed by atoms with Gasteiger partial charge in [-0.2, -0.15) is 0 Å². The molecule has 8 heteroatoms. The summed E-state index contributed by atoms with van der Waals surface area (Å²) in [7, 11) is 2.01. The van der Waals surface area contributed by atoms with Gasteiger partial charge in [0.15, 0.2) is 16.7 Å². The first-order valence-electron chi connectivity index (χ1n) is 10.9. The van der Waals surface area contributed by atoms with Crippen molar-refractivity contribution in [2.45, 2.75) is 11.4 Å². The summed E-state index contributed by atoms with van der Waals surface area (Å²) in [5.74, 6) is 1.36. The molecule has 1 fully saturated rings. The highest BCUT2D eigenvalue weighted by atomic mass is 32.2. The molecule has 3 aromatic rings. The van der Waals surface area contributed by atoms with Gasteiger partial charge in [0.2, 0.25) is 0 Å². The van der Waals surface area contributed by atoms with Gasteiger partial charge in [-0.1, -0.05) is 54.2 Å². The van der Waals surface area contributed by atoms with E-state index in [0.29, 0.717) is 35.6 Å². The molecule has 0 aromatic heterocycles. The SMILES string of the molecule is CN1/C(=C2/SC(=Nc3ccc4c(c3)OCCO4)N(Cc3ccccc3)C2=O)Sc2ccccc21. The van der Waals surface area contributed by atoms with Crippen LogP contribution in [-0.4, -0.2) is 36.2 Å². The number of amides is 1. The van der Waals surface area contributed by atoms with Crippen LogP contribution < -0.4 is 14.4 Å². The third-order valence-electron chi connectivity index (χ3n) is 5.73. The molecule has 0 atom stereocenters. The first-order valence-corrected chi connectivity index (χ1v) is 12.6.